The molecule has 0 spiro atoms. The SMILES string of the molecule is Cc1csc(N(CC(F)(F)F)C(=O)COc2ccc(C(F)(F)F)cc2)n1. The number of alkyl halides is 6. The number of nitrogens with zero attached hydrogens (tertiary/aromatic N) is 2. The molecule has 1 aromatic heterocycles. The highest BCUT2D eigenvalue weighted by molar-refractivity contribution is 7.14. The predicted octanol–water partition coefficient (Wildman–Crippen LogP) is 4.44. The van der Waals surface area contributed by atoms with Crippen LogP contribution in [0.2, 0.25) is 0 Å². The molecule has 0 aliphatic carbocycles. The highest BCUT2D eigenvalue weighted by Gasteiger charge is 2.35. The molecule has 1 heterocycles. The van der Waals surface area contributed by atoms with Crippen LogP contribution in [0, 0.1) is 6.92 Å². The lowest BCUT2D eigenvalue weighted by atomic mass is 10.2. The fraction of sp³-hybridized carbons (Fsp3) is 0.333. The van der Waals surface area contributed by atoms with E-state index in [0.717, 1.165) is 35.6 Å². The summed E-state index contributed by atoms with van der Waals surface area (Å²) < 4.78 is 80.6. The zero-order valence-electron chi connectivity index (χ0n) is 13.2. The molecule has 0 bridgehead atoms. The third-order valence-corrected chi connectivity index (χ3v) is 4.00. The predicted molar refractivity (Wildman–Crippen MR) is 82.2 cm³/mol. The molecular formula is C15H12F6N2O2S. The lowest BCUT2D eigenvalue weighted by molar-refractivity contribution is -0.137. The molecule has 2 aromatic rings. The van der Waals surface area contributed by atoms with Crippen molar-refractivity contribution in [3.05, 3.63) is 40.9 Å². The molecule has 0 saturated heterocycles. The number of benzene rings is 1. The first kappa shape index (κ1) is 20.0. The van der Waals surface area contributed by atoms with Gasteiger partial charge in [-0.15, -0.1) is 11.3 Å². The number of halogens is 6. The molecule has 142 valence electrons. The molecule has 0 N–H and O–H groups in total. The molecule has 0 radical (unpaired) electrons. The summed E-state index contributed by atoms with van der Waals surface area (Å²) in [4.78, 5) is 16.4. The number of ether oxygens (including phenoxy) is 1. The summed E-state index contributed by atoms with van der Waals surface area (Å²) in [6, 6.07) is 3.46. The largest absolute Gasteiger partial charge is 0.484 e. The van der Waals surface area contributed by atoms with Gasteiger partial charge in [0, 0.05) is 5.38 Å². The third-order valence-electron chi connectivity index (χ3n) is 3.02. The first-order valence-electron chi connectivity index (χ1n) is 7.05. The number of thiazole rings is 1. The van der Waals surface area contributed by atoms with Crippen molar-refractivity contribution >= 4 is 22.4 Å². The lowest BCUT2D eigenvalue weighted by Crippen LogP contribution is -2.41. The summed E-state index contributed by atoms with van der Waals surface area (Å²) in [5, 5.41) is 1.35. The summed E-state index contributed by atoms with van der Waals surface area (Å²) in [5.41, 5.74) is -0.457. The number of amides is 1. The quantitative estimate of drug-likeness (QED) is 0.700. The number of carbonyl (C=O) groups excluding carboxylic acids is 1. The second kappa shape index (κ2) is 7.52. The second-order valence-corrected chi connectivity index (χ2v) is 6.01. The summed E-state index contributed by atoms with van der Waals surface area (Å²) >= 11 is 0.866. The average molecular weight is 398 g/mol. The molecule has 4 nitrogen and oxygen atoms in total. The van der Waals surface area contributed by atoms with Crippen molar-refractivity contribution in [2.45, 2.75) is 19.3 Å². The van der Waals surface area contributed by atoms with E-state index in [1.165, 1.54) is 5.38 Å². The van der Waals surface area contributed by atoms with Crippen molar-refractivity contribution in [3.8, 4) is 5.75 Å². The van der Waals surface area contributed by atoms with Crippen molar-refractivity contribution in [2.75, 3.05) is 18.1 Å². The molecule has 11 heteroatoms. The Balaban J connectivity index is 2.07. The summed E-state index contributed by atoms with van der Waals surface area (Å²) in [5.74, 6) is -1.09. The molecule has 1 amide bonds. The van der Waals surface area contributed by atoms with Gasteiger partial charge in [-0.1, -0.05) is 0 Å². The van der Waals surface area contributed by atoms with E-state index in [4.69, 9.17) is 4.74 Å². The van der Waals surface area contributed by atoms with Crippen molar-refractivity contribution in [1.29, 1.82) is 0 Å². The van der Waals surface area contributed by atoms with Crippen molar-refractivity contribution in [3.63, 3.8) is 0 Å². The normalized spacial score (nSPS) is 12.1. The van der Waals surface area contributed by atoms with Crippen LogP contribution in [0.1, 0.15) is 11.3 Å². The minimum absolute atomic E-state index is 0.0753. The van der Waals surface area contributed by atoms with Crippen LogP contribution in [0.25, 0.3) is 0 Å². The van der Waals surface area contributed by atoms with E-state index in [0.29, 0.717) is 10.6 Å². The van der Waals surface area contributed by atoms with Crippen LogP contribution in [0.3, 0.4) is 0 Å². The van der Waals surface area contributed by atoms with E-state index in [9.17, 15) is 31.1 Å². The van der Waals surface area contributed by atoms with Gasteiger partial charge in [0.2, 0.25) is 0 Å². The second-order valence-electron chi connectivity index (χ2n) is 5.18. The molecule has 0 atom stereocenters. The van der Waals surface area contributed by atoms with Gasteiger partial charge in [-0.05, 0) is 31.2 Å². The van der Waals surface area contributed by atoms with E-state index < -0.39 is 37.0 Å². The van der Waals surface area contributed by atoms with Gasteiger partial charge in [0.25, 0.3) is 5.91 Å². The Bertz CT molecular complexity index is 755. The highest BCUT2D eigenvalue weighted by atomic mass is 32.1. The molecule has 1 aromatic carbocycles. The first-order valence-corrected chi connectivity index (χ1v) is 7.93. The zero-order valence-corrected chi connectivity index (χ0v) is 14.0. The number of anilines is 1. The lowest BCUT2D eigenvalue weighted by Gasteiger charge is -2.21. The Morgan fingerprint density at radius 2 is 1.77 bits per heavy atom. The topological polar surface area (TPSA) is 42.4 Å². The Morgan fingerprint density at radius 1 is 1.15 bits per heavy atom. The molecule has 0 unspecified atom stereocenters. The van der Waals surface area contributed by atoms with E-state index in [-0.39, 0.29) is 10.9 Å². The van der Waals surface area contributed by atoms with Gasteiger partial charge in [-0.25, -0.2) is 4.98 Å². The van der Waals surface area contributed by atoms with Gasteiger partial charge in [0.15, 0.2) is 11.7 Å². The van der Waals surface area contributed by atoms with E-state index in [2.05, 4.69) is 4.98 Å². The number of hydrogen-bond acceptors (Lipinski definition) is 4. The van der Waals surface area contributed by atoms with E-state index >= 15 is 0 Å². The highest BCUT2D eigenvalue weighted by Crippen LogP contribution is 2.30. The Hall–Kier alpha value is -2.30. The van der Waals surface area contributed by atoms with Gasteiger partial charge in [0.05, 0.1) is 11.3 Å². The van der Waals surface area contributed by atoms with Crippen LogP contribution in [-0.2, 0) is 11.0 Å². The van der Waals surface area contributed by atoms with Crippen molar-refractivity contribution < 1.29 is 35.9 Å². The summed E-state index contributed by atoms with van der Waals surface area (Å²) in [7, 11) is 0. The van der Waals surface area contributed by atoms with Gasteiger partial charge in [0.1, 0.15) is 12.3 Å². The molecule has 0 fully saturated rings. The van der Waals surface area contributed by atoms with Crippen LogP contribution in [0.15, 0.2) is 29.6 Å². The first-order chi connectivity index (χ1) is 12.0. The average Bonchev–Trinajstić information content (AvgIpc) is 2.95. The maximum atomic E-state index is 12.7. The fourth-order valence-electron chi connectivity index (χ4n) is 1.87. The summed E-state index contributed by atoms with van der Waals surface area (Å²) in [6.07, 6.45) is -9.18. The van der Waals surface area contributed by atoms with Crippen LogP contribution in [-0.4, -0.2) is 30.2 Å². The standard InChI is InChI=1S/C15H12F6N2O2S/c1-9-7-26-13(22-9)23(8-14(16,17)18)12(24)6-25-11-4-2-10(3-5-11)15(19,20)21/h2-5,7H,6,8H2,1H3. The number of aromatic nitrogens is 1. The van der Waals surface area contributed by atoms with Gasteiger partial charge in [-0.3, -0.25) is 9.69 Å². The number of carbonyl (C=O) groups is 1. The molecular weight excluding hydrogens is 386 g/mol. The maximum Gasteiger partial charge on any atom is 0.416 e. The Labute approximate surface area is 148 Å². The Morgan fingerprint density at radius 3 is 2.23 bits per heavy atom. The Kier molecular flexibility index (Phi) is 5.79. The fourth-order valence-corrected chi connectivity index (χ4v) is 2.69. The van der Waals surface area contributed by atoms with Crippen molar-refractivity contribution in [2.24, 2.45) is 0 Å². The number of hydrogen-bond donors (Lipinski definition) is 0. The van der Waals surface area contributed by atoms with Crippen LogP contribution >= 0.6 is 11.3 Å². The van der Waals surface area contributed by atoms with Crippen molar-refractivity contribution in [1.82, 2.24) is 4.98 Å². The smallest absolute Gasteiger partial charge is 0.416 e. The minimum atomic E-state index is -4.65. The minimum Gasteiger partial charge on any atom is -0.484 e. The molecule has 0 aliphatic heterocycles. The number of rotatable bonds is 5. The molecule has 26 heavy (non-hydrogen) atoms. The van der Waals surface area contributed by atoms with Gasteiger partial charge < -0.3 is 4.74 Å². The maximum absolute atomic E-state index is 12.7. The van der Waals surface area contributed by atoms with Crippen LogP contribution in [0.5, 0.6) is 5.75 Å². The monoisotopic (exact) mass is 398 g/mol. The van der Waals surface area contributed by atoms with E-state index in [1.54, 1.807) is 6.92 Å². The van der Waals surface area contributed by atoms with Gasteiger partial charge >= 0.3 is 12.4 Å². The summed E-state index contributed by atoms with van der Waals surface area (Å²) in [6.45, 7) is -0.760. The van der Waals surface area contributed by atoms with Gasteiger partial charge in [-0.2, -0.15) is 26.3 Å². The zero-order chi connectivity index (χ0) is 19.5. The van der Waals surface area contributed by atoms with Crippen LogP contribution in [0.4, 0.5) is 31.5 Å². The third kappa shape index (κ3) is 5.61. The molecule has 0 saturated carbocycles. The molecule has 2 rings (SSSR count). The number of aryl methyl sites for hydroxylation is 1. The van der Waals surface area contributed by atoms with Crippen LogP contribution < -0.4 is 9.64 Å². The van der Waals surface area contributed by atoms with E-state index in [1.807, 2.05) is 0 Å². The molecule has 0 aliphatic rings.